The predicted octanol–water partition coefficient (Wildman–Crippen LogP) is 3.10. The number of carbonyl (C=O) groups excluding carboxylic acids is 1. The summed E-state index contributed by atoms with van der Waals surface area (Å²) in [6.07, 6.45) is 0.154. The molecule has 1 aliphatic rings. The van der Waals surface area contributed by atoms with Gasteiger partial charge in [-0.3, -0.25) is 4.79 Å². The highest BCUT2D eigenvalue weighted by Gasteiger charge is 2.40. The van der Waals surface area contributed by atoms with Gasteiger partial charge in [0.05, 0.1) is 18.4 Å². The molecule has 0 aromatic heterocycles. The van der Waals surface area contributed by atoms with Gasteiger partial charge >= 0.3 is 5.97 Å². The maximum absolute atomic E-state index is 13.1. The van der Waals surface area contributed by atoms with E-state index in [-0.39, 0.29) is 35.8 Å². The first-order valence-electron chi connectivity index (χ1n) is 8.17. The van der Waals surface area contributed by atoms with Crippen LogP contribution < -0.4 is 0 Å². The van der Waals surface area contributed by atoms with Crippen LogP contribution in [0.5, 0.6) is 0 Å². The molecule has 0 radical (unpaired) electrons. The minimum Gasteiger partial charge on any atom is -0.469 e. The van der Waals surface area contributed by atoms with Crippen LogP contribution in [0.4, 0.5) is 0 Å². The third-order valence-electron chi connectivity index (χ3n) is 4.70. The highest BCUT2D eigenvalue weighted by atomic mass is 32.2. The first-order chi connectivity index (χ1) is 11.9. The van der Waals surface area contributed by atoms with Crippen molar-refractivity contribution in [3.8, 4) is 0 Å². The van der Waals surface area contributed by atoms with Gasteiger partial charge < -0.3 is 4.74 Å². The number of fused-ring (bicyclic) bond motifs is 1. The van der Waals surface area contributed by atoms with Gasteiger partial charge in [0.1, 0.15) is 0 Å². The average Bonchev–Trinajstić information content (AvgIpc) is 2.64. The first kappa shape index (κ1) is 17.6. The minimum absolute atomic E-state index is 0.154. The lowest BCUT2D eigenvalue weighted by molar-refractivity contribution is -0.141. The molecule has 0 unspecified atom stereocenters. The molecule has 1 heterocycles. The molecule has 25 heavy (non-hydrogen) atoms. The summed E-state index contributed by atoms with van der Waals surface area (Å²) in [5.74, 6) is -0.565. The second-order valence-corrected chi connectivity index (χ2v) is 8.04. The van der Waals surface area contributed by atoms with Crippen molar-refractivity contribution < 1.29 is 17.9 Å². The van der Waals surface area contributed by atoms with Crippen LogP contribution in [0.3, 0.4) is 0 Å². The maximum atomic E-state index is 13.1. The molecule has 0 amide bonds. The highest BCUT2D eigenvalue weighted by molar-refractivity contribution is 7.89. The first-order valence-corrected chi connectivity index (χ1v) is 9.61. The Morgan fingerprint density at radius 3 is 2.48 bits per heavy atom. The lowest BCUT2D eigenvalue weighted by Crippen LogP contribution is -2.41. The van der Waals surface area contributed by atoms with Gasteiger partial charge in [-0.05, 0) is 24.1 Å². The summed E-state index contributed by atoms with van der Waals surface area (Å²) in [6.45, 7) is 2.13. The van der Waals surface area contributed by atoms with E-state index in [1.54, 1.807) is 24.3 Å². The summed E-state index contributed by atoms with van der Waals surface area (Å²) in [4.78, 5) is 12.1. The summed E-state index contributed by atoms with van der Waals surface area (Å²) in [7, 11) is -2.28. The van der Waals surface area contributed by atoms with Crippen molar-refractivity contribution in [1.82, 2.24) is 4.31 Å². The molecule has 1 aliphatic heterocycles. The minimum atomic E-state index is -3.62. The van der Waals surface area contributed by atoms with Crippen molar-refractivity contribution in [1.29, 1.82) is 0 Å². The lowest BCUT2D eigenvalue weighted by Gasteiger charge is -2.37. The fourth-order valence-electron chi connectivity index (χ4n) is 3.32. The predicted molar refractivity (Wildman–Crippen MR) is 94.6 cm³/mol. The summed E-state index contributed by atoms with van der Waals surface area (Å²) in [5, 5.41) is 0. The van der Waals surface area contributed by atoms with Gasteiger partial charge in [0, 0.05) is 18.5 Å². The highest BCUT2D eigenvalue weighted by Crippen LogP contribution is 2.39. The Morgan fingerprint density at radius 1 is 1.16 bits per heavy atom. The van der Waals surface area contributed by atoms with Crippen molar-refractivity contribution in [3.63, 3.8) is 0 Å². The zero-order chi connectivity index (χ0) is 18.0. The number of esters is 1. The molecular weight excluding hydrogens is 338 g/mol. The standard InChI is InChI=1S/C19H21NO4S/c1-14(15-8-4-3-5-9-15)20-13-16(12-19(21)24-2)17-10-6-7-11-18(17)25(20,22)23/h3-11,14,16H,12-13H2,1-2H3/t14-,16+/m0/s1. The van der Waals surface area contributed by atoms with E-state index in [0.717, 1.165) is 5.56 Å². The van der Waals surface area contributed by atoms with Crippen LogP contribution in [-0.2, 0) is 19.6 Å². The normalized spacial score (nSPS) is 20.5. The molecule has 132 valence electrons. The van der Waals surface area contributed by atoms with Gasteiger partial charge in [-0.25, -0.2) is 8.42 Å². The van der Waals surface area contributed by atoms with Gasteiger partial charge in [0.2, 0.25) is 10.0 Å². The lowest BCUT2D eigenvalue weighted by atomic mass is 9.94. The van der Waals surface area contributed by atoms with Crippen LogP contribution in [0.2, 0.25) is 0 Å². The smallest absolute Gasteiger partial charge is 0.306 e. The van der Waals surface area contributed by atoms with E-state index >= 15 is 0 Å². The third-order valence-corrected chi connectivity index (χ3v) is 6.71. The van der Waals surface area contributed by atoms with Crippen molar-refractivity contribution in [2.75, 3.05) is 13.7 Å². The quantitative estimate of drug-likeness (QED) is 0.787. The Balaban J connectivity index is 2.04. The average molecular weight is 359 g/mol. The Hall–Kier alpha value is -2.18. The van der Waals surface area contributed by atoms with E-state index in [2.05, 4.69) is 0 Å². The Bertz CT molecular complexity index is 864. The number of sulfonamides is 1. The van der Waals surface area contributed by atoms with Crippen molar-refractivity contribution >= 4 is 16.0 Å². The van der Waals surface area contributed by atoms with E-state index in [0.29, 0.717) is 5.56 Å². The number of nitrogens with zero attached hydrogens (tertiary/aromatic N) is 1. The summed E-state index contributed by atoms with van der Waals surface area (Å²) in [6, 6.07) is 16.1. The van der Waals surface area contributed by atoms with E-state index in [4.69, 9.17) is 4.74 Å². The van der Waals surface area contributed by atoms with Gasteiger partial charge in [-0.15, -0.1) is 0 Å². The molecular formula is C19H21NO4S. The molecule has 2 atom stereocenters. The second-order valence-electron chi connectivity index (χ2n) is 6.18. The van der Waals surface area contributed by atoms with E-state index < -0.39 is 10.0 Å². The summed E-state index contributed by atoms with van der Waals surface area (Å²) in [5.41, 5.74) is 1.60. The zero-order valence-corrected chi connectivity index (χ0v) is 15.1. The fourth-order valence-corrected chi connectivity index (χ4v) is 5.27. The van der Waals surface area contributed by atoms with Gasteiger partial charge in [0.25, 0.3) is 0 Å². The number of hydrogen-bond acceptors (Lipinski definition) is 4. The number of hydrogen-bond donors (Lipinski definition) is 0. The molecule has 2 aromatic rings. The number of methoxy groups -OCH3 is 1. The number of benzene rings is 2. The third kappa shape index (κ3) is 3.32. The van der Waals surface area contributed by atoms with E-state index in [9.17, 15) is 13.2 Å². The topological polar surface area (TPSA) is 63.7 Å². The fraction of sp³-hybridized carbons (Fsp3) is 0.316. The SMILES string of the molecule is COC(=O)C[C@@H]1CN([C@@H](C)c2ccccc2)S(=O)(=O)c2ccccc21. The molecule has 0 bridgehead atoms. The zero-order valence-electron chi connectivity index (χ0n) is 14.3. The van der Waals surface area contributed by atoms with Gasteiger partial charge in [0.15, 0.2) is 0 Å². The molecule has 2 aromatic carbocycles. The molecule has 0 spiro atoms. The molecule has 3 rings (SSSR count). The molecule has 0 aliphatic carbocycles. The maximum Gasteiger partial charge on any atom is 0.306 e. The Kier molecular flexibility index (Phi) is 4.92. The molecule has 5 nitrogen and oxygen atoms in total. The van der Waals surface area contributed by atoms with Crippen molar-refractivity contribution in [3.05, 3.63) is 65.7 Å². The van der Waals surface area contributed by atoms with Crippen LogP contribution >= 0.6 is 0 Å². The van der Waals surface area contributed by atoms with Crippen molar-refractivity contribution in [2.45, 2.75) is 30.2 Å². The van der Waals surface area contributed by atoms with Crippen LogP contribution in [0.25, 0.3) is 0 Å². The largest absolute Gasteiger partial charge is 0.469 e. The number of rotatable bonds is 4. The molecule has 6 heteroatoms. The van der Waals surface area contributed by atoms with Crippen LogP contribution in [0.1, 0.15) is 36.4 Å². The summed E-state index contributed by atoms with van der Waals surface area (Å²) >= 11 is 0. The molecule has 0 fully saturated rings. The monoisotopic (exact) mass is 359 g/mol. The molecule has 0 saturated heterocycles. The number of carbonyl (C=O) groups is 1. The van der Waals surface area contributed by atoms with E-state index in [1.807, 2.05) is 37.3 Å². The van der Waals surface area contributed by atoms with Crippen LogP contribution in [0, 0.1) is 0 Å². The van der Waals surface area contributed by atoms with Crippen LogP contribution in [0.15, 0.2) is 59.5 Å². The Labute approximate surface area is 148 Å². The molecule has 0 N–H and O–H groups in total. The number of ether oxygens (including phenoxy) is 1. The van der Waals surface area contributed by atoms with Gasteiger partial charge in [-0.2, -0.15) is 4.31 Å². The van der Waals surface area contributed by atoms with E-state index in [1.165, 1.54) is 11.4 Å². The Morgan fingerprint density at radius 2 is 1.80 bits per heavy atom. The summed E-state index contributed by atoms with van der Waals surface area (Å²) < 4.78 is 32.5. The van der Waals surface area contributed by atoms with Gasteiger partial charge in [-0.1, -0.05) is 48.5 Å². The van der Waals surface area contributed by atoms with Crippen molar-refractivity contribution in [2.24, 2.45) is 0 Å². The second kappa shape index (κ2) is 6.98. The molecule has 0 saturated carbocycles. The van der Waals surface area contributed by atoms with Crippen LogP contribution in [-0.4, -0.2) is 32.3 Å².